The molecule has 0 unspecified atom stereocenters. The summed E-state index contributed by atoms with van der Waals surface area (Å²) in [6, 6.07) is 10.4. The number of hydrogen-bond donors (Lipinski definition) is 3. The summed E-state index contributed by atoms with van der Waals surface area (Å²) in [6.07, 6.45) is 0. The maximum Gasteiger partial charge on any atom is 0.488 e. The topological polar surface area (TPSA) is 69.6 Å². The average molecular weight is 273 g/mol. The zero-order valence-corrected chi connectivity index (χ0v) is 10.8. The van der Waals surface area contributed by atoms with Gasteiger partial charge in [-0.2, -0.15) is 0 Å². The van der Waals surface area contributed by atoms with Crippen LogP contribution >= 0.6 is 0 Å². The Morgan fingerprint density at radius 1 is 1.20 bits per heavy atom. The van der Waals surface area contributed by atoms with E-state index in [0.29, 0.717) is 5.69 Å². The van der Waals surface area contributed by atoms with Crippen LogP contribution in [0.25, 0.3) is 0 Å². The normalized spacial score (nSPS) is 10.2. The molecular weight excluding hydrogens is 260 g/mol. The summed E-state index contributed by atoms with van der Waals surface area (Å²) in [5, 5.41) is 20.7. The molecule has 6 heteroatoms. The van der Waals surface area contributed by atoms with Gasteiger partial charge in [0.05, 0.1) is 0 Å². The van der Waals surface area contributed by atoms with E-state index in [9.17, 15) is 9.18 Å². The Hall–Kier alpha value is -2.18. The molecule has 0 atom stereocenters. The Morgan fingerprint density at radius 2 is 1.90 bits per heavy atom. The first-order chi connectivity index (χ1) is 9.47. The zero-order valence-electron chi connectivity index (χ0n) is 10.8. The summed E-state index contributed by atoms with van der Waals surface area (Å²) >= 11 is 0. The van der Waals surface area contributed by atoms with E-state index < -0.39 is 18.8 Å². The maximum absolute atomic E-state index is 13.4. The van der Waals surface area contributed by atoms with Crippen LogP contribution < -0.4 is 10.8 Å². The number of para-hydroxylation sites is 1. The number of hydrogen-bond acceptors (Lipinski definition) is 3. The summed E-state index contributed by atoms with van der Waals surface area (Å²) in [6.45, 7) is 1.84. The molecule has 2 aromatic rings. The van der Waals surface area contributed by atoms with Crippen molar-refractivity contribution >= 4 is 24.2 Å². The molecule has 0 heterocycles. The van der Waals surface area contributed by atoms with Crippen molar-refractivity contribution in [3.8, 4) is 0 Å². The molecule has 0 aliphatic heterocycles. The van der Waals surface area contributed by atoms with Crippen molar-refractivity contribution in [2.75, 3.05) is 5.32 Å². The molecule has 0 spiro atoms. The lowest BCUT2D eigenvalue weighted by atomic mass is 9.79. The Morgan fingerprint density at radius 3 is 2.55 bits per heavy atom. The molecule has 20 heavy (non-hydrogen) atoms. The predicted molar refractivity (Wildman–Crippen MR) is 75.4 cm³/mol. The zero-order chi connectivity index (χ0) is 14.7. The van der Waals surface area contributed by atoms with Gasteiger partial charge >= 0.3 is 7.12 Å². The van der Waals surface area contributed by atoms with E-state index in [-0.39, 0.29) is 11.0 Å². The van der Waals surface area contributed by atoms with E-state index in [4.69, 9.17) is 10.0 Å². The van der Waals surface area contributed by atoms with Crippen molar-refractivity contribution in [2.45, 2.75) is 6.92 Å². The van der Waals surface area contributed by atoms with E-state index >= 15 is 0 Å². The highest BCUT2D eigenvalue weighted by Gasteiger charge is 2.16. The number of carbonyl (C=O) groups is 1. The average Bonchev–Trinajstić information content (AvgIpc) is 2.40. The molecule has 0 saturated heterocycles. The van der Waals surface area contributed by atoms with Gasteiger partial charge < -0.3 is 15.4 Å². The minimum absolute atomic E-state index is 0.0244. The van der Waals surface area contributed by atoms with Gasteiger partial charge in [0.25, 0.3) is 5.91 Å². The quantitative estimate of drug-likeness (QED) is 0.732. The summed E-state index contributed by atoms with van der Waals surface area (Å²) in [5.41, 5.74) is 1.45. The molecule has 4 nitrogen and oxygen atoms in total. The van der Waals surface area contributed by atoms with Gasteiger partial charge in [-0.3, -0.25) is 4.79 Å². The van der Waals surface area contributed by atoms with E-state index in [1.54, 1.807) is 12.1 Å². The molecule has 102 valence electrons. The van der Waals surface area contributed by atoms with Gasteiger partial charge in [-0.15, -0.1) is 0 Å². The lowest BCUT2D eigenvalue weighted by Crippen LogP contribution is -2.31. The first-order valence-electron chi connectivity index (χ1n) is 6.01. The Kier molecular flexibility index (Phi) is 4.17. The Balaban J connectivity index is 2.28. The third kappa shape index (κ3) is 3.23. The van der Waals surface area contributed by atoms with Crippen LogP contribution in [0.4, 0.5) is 10.1 Å². The second-order valence-electron chi connectivity index (χ2n) is 4.42. The van der Waals surface area contributed by atoms with E-state index in [2.05, 4.69) is 5.32 Å². The molecule has 2 aromatic carbocycles. The largest absolute Gasteiger partial charge is 0.488 e. The highest BCUT2D eigenvalue weighted by atomic mass is 19.1. The SMILES string of the molecule is Cc1ccccc1NC(=O)c1cc(F)cc(B(O)O)c1. The fourth-order valence-electron chi connectivity index (χ4n) is 1.80. The van der Waals surface area contributed by atoms with Gasteiger partial charge in [0.1, 0.15) is 5.82 Å². The van der Waals surface area contributed by atoms with Gasteiger partial charge in [-0.25, -0.2) is 4.39 Å². The van der Waals surface area contributed by atoms with Crippen molar-refractivity contribution in [3.05, 3.63) is 59.4 Å². The summed E-state index contributed by atoms with van der Waals surface area (Å²) in [5.74, 6) is -1.22. The number of aryl methyl sites for hydroxylation is 1. The fourth-order valence-corrected chi connectivity index (χ4v) is 1.80. The van der Waals surface area contributed by atoms with Gasteiger partial charge in [0.2, 0.25) is 0 Å². The second-order valence-corrected chi connectivity index (χ2v) is 4.42. The smallest absolute Gasteiger partial charge is 0.423 e. The number of rotatable bonds is 3. The summed E-state index contributed by atoms with van der Waals surface area (Å²) in [7, 11) is -1.82. The van der Waals surface area contributed by atoms with Crippen LogP contribution in [0.3, 0.4) is 0 Å². The molecule has 0 aliphatic carbocycles. The van der Waals surface area contributed by atoms with Crippen LogP contribution in [0.15, 0.2) is 42.5 Å². The lowest BCUT2D eigenvalue weighted by Gasteiger charge is -2.09. The molecule has 1 amide bonds. The molecular formula is C14H13BFNO3. The van der Waals surface area contributed by atoms with Gasteiger partial charge in [0, 0.05) is 11.3 Å². The fraction of sp³-hybridized carbons (Fsp3) is 0.0714. The van der Waals surface area contributed by atoms with Crippen molar-refractivity contribution in [1.82, 2.24) is 0 Å². The number of amides is 1. The van der Waals surface area contributed by atoms with Crippen LogP contribution in [0, 0.1) is 12.7 Å². The number of carbonyl (C=O) groups excluding carboxylic acids is 1. The van der Waals surface area contributed by atoms with Crippen LogP contribution in [-0.4, -0.2) is 23.1 Å². The highest BCUT2D eigenvalue weighted by molar-refractivity contribution is 6.58. The lowest BCUT2D eigenvalue weighted by molar-refractivity contribution is 0.102. The van der Waals surface area contributed by atoms with E-state index in [1.165, 1.54) is 6.07 Å². The second kappa shape index (κ2) is 5.86. The summed E-state index contributed by atoms with van der Waals surface area (Å²) in [4.78, 5) is 12.1. The minimum atomic E-state index is -1.82. The van der Waals surface area contributed by atoms with E-state index in [0.717, 1.165) is 17.7 Å². The van der Waals surface area contributed by atoms with E-state index in [1.807, 2.05) is 19.1 Å². The molecule has 0 radical (unpaired) electrons. The monoisotopic (exact) mass is 273 g/mol. The predicted octanol–water partition coefficient (Wildman–Crippen LogP) is 1.07. The van der Waals surface area contributed by atoms with Crippen molar-refractivity contribution in [3.63, 3.8) is 0 Å². The van der Waals surface area contributed by atoms with Crippen LogP contribution in [-0.2, 0) is 0 Å². The molecule has 0 fully saturated rings. The first kappa shape index (κ1) is 14.2. The van der Waals surface area contributed by atoms with Crippen molar-refractivity contribution in [1.29, 1.82) is 0 Å². The highest BCUT2D eigenvalue weighted by Crippen LogP contribution is 2.14. The number of benzene rings is 2. The summed E-state index contributed by atoms with van der Waals surface area (Å²) < 4.78 is 13.4. The Bertz CT molecular complexity index is 646. The number of anilines is 1. The van der Waals surface area contributed by atoms with Crippen LogP contribution in [0.1, 0.15) is 15.9 Å². The Labute approximate surface area is 116 Å². The minimum Gasteiger partial charge on any atom is -0.423 e. The molecule has 0 bridgehead atoms. The molecule has 3 N–H and O–H groups in total. The maximum atomic E-state index is 13.4. The van der Waals surface area contributed by atoms with Gasteiger partial charge in [0.15, 0.2) is 0 Å². The third-order valence-electron chi connectivity index (χ3n) is 2.87. The number of halogens is 1. The van der Waals surface area contributed by atoms with Crippen molar-refractivity contribution in [2.24, 2.45) is 0 Å². The molecule has 0 aromatic heterocycles. The molecule has 2 rings (SSSR count). The van der Waals surface area contributed by atoms with Crippen molar-refractivity contribution < 1.29 is 19.2 Å². The number of nitrogens with one attached hydrogen (secondary N) is 1. The third-order valence-corrected chi connectivity index (χ3v) is 2.87. The standard InChI is InChI=1S/C14H13BFNO3/c1-9-4-2-3-5-13(9)17-14(18)10-6-11(15(19)20)8-12(16)7-10/h2-8,19-20H,1H3,(H,17,18). The van der Waals surface area contributed by atoms with Gasteiger partial charge in [-0.05, 0) is 42.2 Å². The first-order valence-corrected chi connectivity index (χ1v) is 6.01. The van der Waals surface area contributed by atoms with Crippen LogP contribution in [0.5, 0.6) is 0 Å². The van der Waals surface area contributed by atoms with Gasteiger partial charge in [-0.1, -0.05) is 18.2 Å². The van der Waals surface area contributed by atoms with Crippen LogP contribution in [0.2, 0.25) is 0 Å². The molecule has 0 aliphatic rings. The molecule has 0 saturated carbocycles.